The predicted molar refractivity (Wildman–Crippen MR) is 87.4 cm³/mol. The molecule has 0 spiro atoms. The van der Waals surface area contributed by atoms with Crippen LogP contribution < -0.4 is 0 Å². The van der Waals surface area contributed by atoms with Gasteiger partial charge in [0.25, 0.3) is 0 Å². The van der Waals surface area contributed by atoms with Gasteiger partial charge in [-0.05, 0) is 70.8 Å². The molecule has 1 saturated heterocycles. The molecule has 2 aliphatic rings. The number of nitrogens with zero attached hydrogens (tertiary/aromatic N) is 3. The van der Waals surface area contributed by atoms with E-state index in [4.69, 9.17) is 4.99 Å². The summed E-state index contributed by atoms with van der Waals surface area (Å²) in [5.74, 6) is 0.930. The average Bonchev–Trinajstić information content (AvgIpc) is 2.89. The second-order valence-electron chi connectivity index (χ2n) is 6.64. The molecule has 0 saturated carbocycles. The van der Waals surface area contributed by atoms with Crippen molar-refractivity contribution in [1.29, 1.82) is 0 Å². The number of allylic oxidation sites excluding steroid dienone is 1. The van der Waals surface area contributed by atoms with Crippen LogP contribution in [0, 0.1) is 5.92 Å². The number of hydrogen-bond acceptors (Lipinski definition) is 3. The minimum Gasteiger partial charge on any atom is -0.309 e. The highest BCUT2D eigenvalue weighted by molar-refractivity contribution is 5.75. The normalized spacial score (nSPS) is 27.8. The van der Waals surface area contributed by atoms with Crippen LogP contribution in [-0.2, 0) is 0 Å². The Morgan fingerprint density at radius 3 is 2.60 bits per heavy atom. The molecule has 0 aromatic carbocycles. The van der Waals surface area contributed by atoms with Crippen molar-refractivity contribution < 1.29 is 0 Å². The number of piperidine rings is 1. The largest absolute Gasteiger partial charge is 0.309 e. The van der Waals surface area contributed by atoms with Crippen LogP contribution in [0.25, 0.3) is 0 Å². The van der Waals surface area contributed by atoms with Gasteiger partial charge in [-0.3, -0.25) is 9.89 Å². The van der Waals surface area contributed by atoms with E-state index in [1.165, 1.54) is 51.7 Å². The second kappa shape index (κ2) is 7.37. The Morgan fingerprint density at radius 1 is 1.30 bits per heavy atom. The maximum atomic E-state index is 4.77. The van der Waals surface area contributed by atoms with Gasteiger partial charge in [0.1, 0.15) is 5.66 Å². The van der Waals surface area contributed by atoms with E-state index in [1.807, 2.05) is 6.21 Å². The fraction of sp³-hybridized carbons (Fsp3) is 0.824. The molecule has 3 nitrogen and oxygen atoms in total. The zero-order chi connectivity index (χ0) is 14.4. The van der Waals surface area contributed by atoms with E-state index in [1.54, 1.807) is 0 Å². The molecule has 0 amide bonds. The molecular formula is C17H31N3. The first-order valence-electron chi connectivity index (χ1n) is 8.29. The topological polar surface area (TPSA) is 18.8 Å². The third-order valence-electron chi connectivity index (χ3n) is 4.75. The summed E-state index contributed by atoms with van der Waals surface area (Å²) in [6.07, 6.45) is 14.2. The van der Waals surface area contributed by atoms with Crippen molar-refractivity contribution in [3.63, 3.8) is 0 Å². The van der Waals surface area contributed by atoms with Crippen LogP contribution in [0.2, 0.25) is 0 Å². The monoisotopic (exact) mass is 277 g/mol. The van der Waals surface area contributed by atoms with Gasteiger partial charge in [0.15, 0.2) is 0 Å². The lowest BCUT2D eigenvalue weighted by atomic mass is 9.89. The summed E-state index contributed by atoms with van der Waals surface area (Å²) in [6.45, 7) is 5.92. The molecule has 2 heterocycles. The van der Waals surface area contributed by atoms with E-state index < -0.39 is 0 Å². The van der Waals surface area contributed by atoms with Crippen molar-refractivity contribution in [1.82, 2.24) is 9.80 Å². The number of likely N-dealkylation sites (tertiary alicyclic amines) is 1. The fourth-order valence-electron chi connectivity index (χ4n) is 3.58. The molecule has 0 bridgehead atoms. The fourth-order valence-corrected chi connectivity index (χ4v) is 3.58. The lowest BCUT2D eigenvalue weighted by Crippen LogP contribution is -2.49. The van der Waals surface area contributed by atoms with Crippen molar-refractivity contribution in [2.75, 3.05) is 33.7 Å². The molecule has 0 aromatic heterocycles. The van der Waals surface area contributed by atoms with Crippen molar-refractivity contribution in [2.45, 2.75) is 51.1 Å². The van der Waals surface area contributed by atoms with Gasteiger partial charge in [0, 0.05) is 19.3 Å². The highest BCUT2D eigenvalue weighted by Gasteiger charge is 2.36. The Balaban J connectivity index is 1.78. The number of rotatable bonds is 7. The summed E-state index contributed by atoms with van der Waals surface area (Å²) in [4.78, 5) is 9.68. The third-order valence-corrected chi connectivity index (χ3v) is 4.75. The maximum Gasteiger partial charge on any atom is 0.132 e. The Hall–Kier alpha value is -0.670. The van der Waals surface area contributed by atoms with Crippen molar-refractivity contribution in [3.8, 4) is 0 Å². The molecular weight excluding hydrogens is 246 g/mol. The van der Waals surface area contributed by atoms with Gasteiger partial charge in [-0.15, -0.1) is 0 Å². The lowest BCUT2D eigenvalue weighted by Gasteiger charge is -2.42. The van der Waals surface area contributed by atoms with Gasteiger partial charge in [0.05, 0.1) is 0 Å². The Labute approximate surface area is 124 Å². The van der Waals surface area contributed by atoms with Crippen molar-refractivity contribution in [2.24, 2.45) is 10.9 Å². The predicted octanol–water partition coefficient (Wildman–Crippen LogP) is 3.18. The van der Waals surface area contributed by atoms with Crippen LogP contribution in [0.4, 0.5) is 0 Å². The summed E-state index contributed by atoms with van der Waals surface area (Å²) in [7, 11) is 4.34. The molecule has 1 atom stereocenters. The highest BCUT2D eigenvalue weighted by atomic mass is 15.3. The number of aliphatic imine (C=N–C) groups is 1. The van der Waals surface area contributed by atoms with Gasteiger partial charge in [-0.1, -0.05) is 13.3 Å². The first-order valence-corrected chi connectivity index (χ1v) is 8.29. The molecule has 2 aliphatic heterocycles. The van der Waals surface area contributed by atoms with Gasteiger partial charge in [0.2, 0.25) is 0 Å². The standard InChI is InChI=1S/C17H31N3/c1-4-10-17(11-6-12-18-17)20-14-8-16(9-15-20)7-5-13-19(2)3/h6,11-12,16H,4-5,7-10,13-15H2,1-3H3. The summed E-state index contributed by atoms with van der Waals surface area (Å²) < 4.78 is 0. The average molecular weight is 277 g/mol. The zero-order valence-electron chi connectivity index (χ0n) is 13.5. The molecule has 114 valence electrons. The first kappa shape index (κ1) is 15.7. The molecule has 0 N–H and O–H groups in total. The molecule has 20 heavy (non-hydrogen) atoms. The van der Waals surface area contributed by atoms with Crippen LogP contribution in [0.1, 0.15) is 45.4 Å². The smallest absolute Gasteiger partial charge is 0.132 e. The molecule has 0 aliphatic carbocycles. The van der Waals surface area contributed by atoms with E-state index in [-0.39, 0.29) is 5.66 Å². The van der Waals surface area contributed by atoms with E-state index in [0.717, 1.165) is 12.3 Å². The summed E-state index contributed by atoms with van der Waals surface area (Å²) >= 11 is 0. The number of hydrogen-bond donors (Lipinski definition) is 0. The Morgan fingerprint density at radius 2 is 2.05 bits per heavy atom. The maximum absolute atomic E-state index is 4.77. The van der Waals surface area contributed by atoms with E-state index in [0.29, 0.717) is 0 Å². The Kier molecular flexibility index (Phi) is 5.79. The summed E-state index contributed by atoms with van der Waals surface area (Å²) in [5, 5.41) is 0. The molecule has 0 aromatic rings. The lowest BCUT2D eigenvalue weighted by molar-refractivity contribution is 0.0800. The SMILES string of the molecule is CCCC1(N2CCC(CCCN(C)C)CC2)C=CC=N1. The molecule has 1 fully saturated rings. The summed E-state index contributed by atoms with van der Waals surface area (Å²) in [5.41, 5.74) is 0.00333. The summed E-state index contributed by atoms with van der Waals surface area (Å²) in [6, 6.07) is 0. The minimum absolute atomic E-state index is 0.00333. The molecule has 0 radical (unpaired) electrons. The molecule has 3 heteroatoms. The quantitative estimate of drug-likeness (QED) is 0.712. The third kappa shape index (κ3) is 3.92. The minimum atomic E-state index is 0.00333. The van der Waals surface area contributed by atoms with Crippen LogP contribution >= 0.6 is 0 Å². The van der Waals surface area contributed by atoms with Crippen LogP contribution in [0.5, 0.6) is 0 Å². The van der Waals surface area contributed by atoms with Crippen LogP contribution in [-0.4, -0.2) is 55.4 Å². The van der Waals surface area contributed by atoms with Crippen molar-refractivity contribution >= 4 is 6.21 Å². The molecule has 2 rings (SSSR count). The Bertz CT molecular complexity index is 326. The van der Waals surface area contributed by atoms with Gasteiger partial charge in [-0.25, -0.2) is 0 Å². The highest BCUT2D eigenvalue weighted by Crippen LogP contribution is 2.33. The molecule has 1 unspecified atom stereocenters. The van der Waals surface area contributed by atoms with E-state index >= 15 is 0 Å². The van der Waals surface area contributed by atoms with E-state index in [2.05, 4.69) is 43.0 Å². The van der Waals surface area contributed by atoms with Crippen LogP contribution in [0.3, 0.4) is 0 Å². The van der Waals surface area contributed by atoms with Crippen LogP contribution in [0.15, 0.2) is 17.1 Å². The van der Waals surface area contributed by atoms with Gasteiger partial charge < -0.3 is 4.90 Å². The van der Waals surface area contributed by atoms with Crippen molar-refractivity contribution in [3.05, 3.63) is 12.2 Å². The van der Waals surface area contributed by atoms with Gasteiger partial charge in [-0.2, -0.15) is 0 Å². The zero-order valence-corrected chi connectivity index (χ0v) is 13.5. The first-order chi connectivity index (χ1) is 9.66. The van der Waals surface area contributed by atoms with Gasteiger partial charge >= 0.3 is 0 Å². The second-order valence-corrected chi connectivity index (χ2v) is 6.64. The van der Waals surface area contributed by atoms with E-state index in [9.17, 15) is 0 Å².